The van der Waals surface area contributed by atoms with Gasteiger partial charge in [0.25, 0.3) is 0 Å². The lowest BCUT2D eigenvalue weighted by Gasteiger charge is -1.68. The molecule has 26 valence electrons. The first-order chi connectivity index (χ1) is 1.91. The smallest absolute Gasteiger partial charge is 0.0654 e. The van der Waals surface area contributed by atoms with Crippen LogP contribution in [-0.2, 0) is 0 Å². The Labute approximate surface area is 29.3 Å². The quantitative estimate of drug-likeness (QED) is 0.433. The molecule has 0 saturated carbocycles. The monoisotopic (exact) mass is 59.1 g/mol. The second kappa shape index (κ2) is 3.00. The van der Waals surface area contributed by atoms with Gasteiger partial charge in [-0.3, -0.25) is 0 Å². The van der Waals surface area contributed by atoms with E-state index in [0.29, 0.717) is 0 Å². The first kappa shape index (κ1) is 4.00. The Balaban J connectivity index is 0. The van der Waals surface area contributed by atoms with E-state index in [-0.39, 0.29) is 1.43 Å². The van der Waals surface area contributed by atoms with Crippen molar-refractivity contribution in [3.05, 3.63) is 0 Å². The van der Waals surface area contributed by atoms with Gasteiger partial charge < -0.3 is 0 Å². The molecular formula is C4H11+. The molecule has 0 saturated heterocycles. The Morgan fingerprint density at radius 1 is 1.25 bits per heavy atom. The molecule has 0 nitrogen and oxygen atoms in total. The first-order valence-corrected chi connectivity index (χ1v) is 1.91. The highest BCUT2D eigenvalue weighted by Gasteiger charge is 1.56. The van der Waals surface area contributed by atoms with E-state index < -0.39 is 0 Å². The molecule has 0 heterocycles. The van der Waals surface area contributed by atoms with E-state index in [0.717, 1.165) is 0 Å². The van der Waals surface area contributed by atoms with Gasteiger partial charge >= 0.3 is 1.43 Å². The van der Waals surface area contributed by atoms with E-state index in [1.807, 2.05) is 0 Å². The van der Waals surface area contributed by atoms with E-state index in [9.17, 15) is 0 Å². The van der Waals surface area contributed by atoms with Gasteiger partial charge in [-0.2, -0.15) is 0 Å². The van der Waals surface area contributed by atoms with Crippen LogP contribution in [0.1, 0.15) is 28.1 Å². The zero-order valence-electron chi connectivity index (χ0n) is 4.41. The van der Waals surface area contributed by atoms with Crippen LogP contribution in [0.2, 0.25) is 0 Å². The lowest BCUT2D eigenvalue weighted by atomic mass is 10.4. The van der Waals surface area contributed by atoms with Gasteiger partial charge in [-0.25, -0.2) is 0 Å². The van der Waals surface area contributed by atoms with Crippen LogP contribution in [0, 0.1) is 0 Å². The van der Waals surface area contributed by atoms with Gasteiger partial charge in [-0.1, -0.05) is 26.7 Å². The van der Waals surface area contributed by atoms with Crippen molar-refractivity contribution in [2.75, 3.05) is 0 Å². The minimum Gasteiger partial charge on any atom is -0.0654 e. The van der Waals surface area contributed by atoms with Gasteiger partial charge in [0.15, 0.2) is 0 Å². The van der Waals surface area contributed by atoms with E-state index in [1.165, 1.54) is 12.8 Å². The molecule has 0 radical (unpaired) electrons. The summed E-state index contributed by atoms with van der Waals surface area (Å²) in [5.74, 6) is 0. The van der Waals surface area contributed by atoms with Gasteiger partial charge in [-0.15, -0.1) is 0 Å². The maximum absolute atomic E-state index is 2.18. The molecule has 0 aromatic rings. The molecular weight excluding hydrogens is 48.0 g/mol. The SMILES string of the molecule is CCCC.[H+]. The summed E-state index contributed by atoms with van der Waals surface area (Å²) in [5.41, 5.74) is 0. The lowest BCUT2D eigenvalue weighted by molar-refractivity contribution is 0.886. The van der Waals surface area contributed by atoms with Crippen LogP contribution >= 0.6 is 0 Å². The summed E-state index contributed by atoms with van der Waals surface area (Å²) in [7, 11) is 0. The summed E-state index contributed by atoms with van der Waals surface area (Å²) in [6.45, 7) is 4.36. The number of rotatable bonds is 1. The van der Waals surface area contributed by atoms with E-state index >= 15 is 0 Å². The zero-order chi connectivity index (χ0) is 3.41. The molecule has 0 amide bonds. The Morgan fingerprint density at radius 2 is 1.50 bits per heavy atom. The molecule has 0 rings (SSSR count). The highest BCUT2D eigenvalue weighted by atomic mass is 13.6. The highest BCUT2D eigenvalue weighted by Crippen LogP contribution is 1.76. The average molecular weight is 59.1 g/mol. The van der Waals surface area contributed by atoms with Crippen molar-refractivity contribution in [1.82, 2.24) is 0 Å². The molecule has 0 aliphatic carbocycles. The van der Waals surface area contributed by atoms with Crippen LogP contribution in [0.15, 0.2) is 0 Å². The normalized spacial score (nSPS) is 7.50. The van der Waals surface area contributed by atoms with Crippen LogP contribution in [-0.4, -0.2) is 0 Å². The van der Waals surface area contributed by atoms with Crippen molar-refractivity contribution in [3.63, 3.8) is 0 Å². The van der Waals surface area contributed by atoms with Crippen molar-refractivity contribution < 1.29 is 1.43 Å². The molecule has 0 heteroatoms. The molecule has 0 aromatic carbocycles. The first-order valence-electron chi connectivity index (χ1n) is 1.91. The maximum Gasteiger partial charge on any atom is 1.00 e. The predicted molar refractivity (Wildman–Crippen MR) is 21.7 cm³/mol. The summed E-state index contributed by atoms with van der Waals surface area (Å²) in [5, 5.41) is 0. The third-order valence-corrected chi connectivity index (χ3v) is 0.500. The molecule has 0 N–H and O–H groups in total. The molecule has 0 aliphatic heterocycles. The fraction of sp³-hybridized carbons (Fsp3) is 1.00. The molecule has 4 heavy (non-hydrogen) atoms. The molecule has 0 atom stereocenters. The van der Waals surface area contributed by atoms with E-state index in [4.69, 9.17) is 0 Å². The fourth-order valence-electron chi connectivity index (χ4n) is 0. The number of hydrogen-bond donors (Lipinski definition) is 0. The maximum atomic E-state index is 2.18. The van der Waals surface area contributed by atoms with Crippen molar-refractivity contribution in [3.8, 4) is 0 Å². The van der Waals surface area contributed by atoms with Crippen LogP contribution < -0.4 is 0 Å². The summed E-state index contributed by atoms with van der Waals surface area (Å²) in [6, 6.07) is 0. The standard InChI is InChI=1S/C4H10/c1-3-4-2/h3-4H2,1-2H3/p+1. The van der Waals surface area contributed by atoms with Gasteiger partial charge in [0.05, 0.1) is 0 Å². The second-order valence-corrected chi connectivity index (χ2v) is 1.000. The van der Waals surface area contributed by atoms with Gasteiger partial charge in [0, 0.05) is 0 Å². The van der Waals surface area contributed by atoms with Crippen LogP contribution in [0.3, 0.4) is 0 Å². The van der Waals surface area contributed by atoms with Gasteiger partial charge in [0.1, 0.15) is 0 Å². The molecule has 0 aliphatic rings. The summed E-state index contributed by atoms with van der Waals surface area (Å²) >= 11 is 0. The van der Waals surface area contributed by atoms with Gasteiger partial charge in [-0.05, 0) is 0 Å². The zero-order valence-corrected chi connectivity index (χ0v) is 3.41. The Morgan fingerprint density at radius 3 is 1.50 bits per heavy atom. The molecule has 0 bridgehead atoms. The van der Waals surface area contributed by atoms with Crippen LogP contribution in [0.25, 0.3) is 0 Å². The topological polar surface area (TPSA) is 0 Å². The molecule has 0 fully saturated rings. The van der Waals surface area contributed by atoms with Crippen LogP contribution in [0.5, 0.6) is 0 Å². The third kappa shape index (κ3) is 2.00. The van der Waals surface area contributed by atoms with Crippen molar-refractivity contribution in [1.29, 1.82) is 0 Å². The Kier molecular flexibility index (Phi) is 3.00. The number of unbranched alkanes of at least 4 members (excludes halogenated alkanes) is 1. The Hall–Kier alpha value is 0. The predicted octanol–water partition coefficient (Wildman–Crippen LogP) is 1.92. The molecule has 0 unspecified atom stereocenters. The van der Waals surface area contributed by atoms with Crippen LogP contribution in [0.4, 0.5) is 0 Å². The van der Waals surface area contributed by atoms with Crippen molar-refractivity contribution in [2.45, 2.75) is 26.7 Å². The summed E-state index contributed by atoms with van der Waals surface area (Å²) in [6.07, 6.45) is 2.64. The minimum atomic E-state index is 0. The third-order valence-electron chi connectivity index (χ3n) is 0.500. The van der Waals surface area contributed by atoms with E-state index in [1.54, 1.807) is 0 Å². The molecule has 0 spiro atoms. The average Bonchev–Trinajstić information content (AvgIpc) is 1.37. The van der Waals surface area contributed by atoms with Gasteiger partial charge in [0.2, 0.25) is 0 Å². The second-order valence-electron chi connectivity index (χ2n) is 1.000. The highest BCUT2D eigenvalue weighted by molar-refractivity contribution is 4.12. The lowest BCUT2D eigenvalue weighted by Crippen LogP contribution is -1.47. The largest absolute Gasteiger partial charge is 1.00 e. The number of hydrogen-bond acceptors (Lipinski definition) is 0. The van der Waals surface area contributed by atoms with Crippen molar-refractivity contribution in [2.24, 2.45) is 0 Å². The summed E-state index contributed by atoms with van der Waals surface area (Å²) < 4.78 is 0. The minimum absolute atomic E-state index is 0. The fourth-order valence-corrected chi connectivity index (χ4v) is 0. The van der Waals surface area contributed by atoms with E-state index in [2.05, 4.69) is 13.8 Å². The summed E-state index contributed by atoms with van der Waals surface area (Å²) in [4.78, 5) is 0. The van der Waals surface area contributed by atoms with Crippen molar-refractivity contribution >= 4 is 0 Å². The Bertz CT molecular complexity index is 5.61. The molecule has 0 aromatic heterocycles.